The number of nitrogens with one attached hydrogen (secondary N) is 1. The Morgan fingerprint density at radius 1 is 1.17 bits per heavy atom. The van der Waals surface area contributed by atoms with Crippen LogP contribution in [0.2, 0.25) is 0 Å². The summed E-state index contributed by atoms with van der Waals surface area (Å²) in [6.45, 7) is 3.90. The number of fused-ring (bicyclic) bond motifs is 1. The van der Waals surface area contributed by atoms with Crippen molar-refractivity contribution in [2.24, 2.45) is 5.92 Å². The lowest BCUT2D eigenvalue weighted by molar-refractivity contribution is 0.0825. The molecule has 0 spiro atoms. The number of aryl methyl sites for hydroxylation is 1. The minimum atomic E-state index is 0.0196. The third-order valence-electron chi connectivity index (χ3n) is 6.63. The van der Waals surface area contributed by atoms with Crippen molar-refractivity contribution in [1.29, 1.82) is 0 Å². The molecular formula is C24H30N4OS. The number of rotatable bonds is 5. The molecule has 0 bridgehead atoms. The van der Waals surface area contributed by atoms with Gasteiger partial charge in [-0.05, 0) is 50.2 Å². The van der Waals surface area contributed by atoms with Gasteiger partial charge < -0.3 is 0 Å². The zero-order chi connectivity index (χ0) is 20.5. The quantitative estimate of drug-likeness (QED) is 0.621. The fourth-order valence-electron chi connectivity index (χ4n) is 5.00. The van der Waals surface area contributed by atoms with Gasteiger partial charge in [-0.15, -0.1) is 11.3 Å². The lowest BCUT2D eigenvalue weighted by Gasteiger charge is -2.22. The van der Waals surface area contributed by atoms with E-state index in [1.165, 1.54) is 37.7 Å². The van der Waals surface area contributed by atoms with Gasteiger partial charge in [0.1, 0.15) is 4.83 Å². The molecular weight excluding hydrogens is 392 g/mol. The summed E-state index contributed by atoms with van der Waals surface area (Å²) >= 11 is 1.60. The number of benzene rings is 1. The molecule has 0 unspecified atom stereocenters. The Bertz CT molecular complexity index is 1020. The van der Waals surface area contributed by atoms with E-state index in [0.29, 0.717) is 12.0 Å². The van der Waals surface area contributed by atoms with Crippen LogP contribution in [0.15, 0.2) is 36.4 Å². The monoisotopic (exact) mass is 422 g/mol. The summed E-state index contributed by atoms with van der Waals surface area (Å²) in [5, 5.41) is 8.05. The summed E-state index contributed by atoms with van der Waals surface area (Å²) in [6, 6.07) is 13.2. The first-order valence-electron chi connectivity index (χ1n) is 11.3. The molecule has 0 radical (unpaired) electrons. The van der Waals surface area contributed by atoms with Crippen LogP contribution in [-0.4, -0.2) is 33.8 Å². The van der Waals surface area contributed by atoms with Crippen LogP contribution in [-0.2, 0) is 6.42 Å². The maximum atomic E-state index is 13.0. The highest BCUT2D eigenvalue weighted by molar-refractivity contribution is 7.20. The number of amides is 1. The largest absolute Gasteiger partial charge is 0.284 e. The first kappa shape index (κ1) is 19.8. The zero-order valence-corrected chi connectivity index (χ0v) is 18.5. The maximum absolute atomic E-state index is 13.0. The molecule has 2 aromatic heterocycles. The number of hydrogen-bond donors (Lipinski definition) is 1. The highest BCUT2D eigenvalue weighted by atomic mass is 32.1. The van der Waals surface area contributed by atoms with E-state index >= 15 is 0 Å². The number of hydrogen-bond acceptors (Lipinski definition) is 4. The van der Waals surface area contributed by atoms with E-state index < -0.39 is 0 Å². The average molecular weight is 423 g/mol. The van der Waals surface area contributed by atoms with Gasteiger partial charge in [0.25, 0.3) is 5.91 Å². The normalized spacial score (nSPS) is 20.8. The van der Waals surface area contributed by atoms with E-state index in [2.05, 4.69) is 52.4 Å². The smallest absolute Gasteiger partial charge is 0.275 e. The van der Waals surface area contributed by atoms with E-state index in [4.69, 9.17) is 5.10 Å². The predicted molar refractivity (Wildman–Crippen MR) is 122 cm³/mol. The second kappa shape index (κ2) is 8.52. The first-order valence-corrected chi connectivity index (χ1v) is 12.1. The van der Waals surface area contributed by atoms with Crippen molar-refractivity contribution in [2.45, 2.75) is 57.9 Å². The molecule has 1 atom stereocenters. The Hall–Kier alpha value is -2.18. The maximum Gasteiger partial charge on any atom is 0.275 e. The Morgan fingerprint density at radius 3 is 2.77 bits per heavy atom. The molecule has 1 aromatic carbocycles. The number of hydrazine groups is 1. The van der Waals surface area contributed by atoms with E-state index in [-0.39, 0.29) is 5.91 Å². The van der Waals surface area contributed by atoms with Gasteiger partial charge in [0, 0.05) is 18.5 Å². The van der Waals surface area contributed by atoms with Crippen LogP contribution in [0.4, 0.5) is 0 Å². The molecule has 158 valence electrons. The minimum Gasteiger partial charge on any atom is -0.284 e. The number of thiophene rings is 1. The molecule has 2 fully saturated rings. The molecule has 1 saturated heterocycles. The molecule has 1 saturated carbocycles. The lowest BCUT2D eigenvalue weighted by atomic mass is 9.96. The third-order valence-corrected chi connectivity index (χ3v) is 7.75. The summed E-state index contributed by atoms with van der Waals surface area (Å²) in [7, 11) is 0. The zero-order valence-electron chi connectivity index (χ0n) is 17.6. The standard InChI is InChI=1S/C24H30N4OS/c1-17-21-15-22(30-24(21)28(25-17)20-10-6-3-7-11-20)23(29)26-27-13-12-19(16-27)14-18-8-4-2-5-9-18/h2,4-5,8-9,15,19-20H,3,6-7,10-14,16H2,1H3,(H,26,29)/t19-/m0/s1. The summed E-state index contributed by atoms with van der Waals surface area (Å²) in [5.41, 5.74) is 5.57. The fraction of sp³-hybridized carbons (Fsp3) is 0.500. The third kappa shape index (κ3) is 4.03. The molecule has 3 heterocycles. The van der Waals surface area contributed by atoms with Gasteiger partial charge in [-0.1, -0.05) is 49.6 Å². The molecule has 2 aliphatic rings. The number of carbonyl (C=O) groups is 1. The van der Waals surface area contributed by atoms with Crippen LogP contribution in [0.3, 0.4) is 0 Å². The van der Waals surface area contributed by atoms with Crippen LogP contribution in [0.1, 0.15) is 65.5 Å². The molecule has 3 aromatic rings. The second-order valence-corrected chi connectivity index (χ2v) is 9.91. The van der Waals surface area contributed by atoms with Gasteiger partial charge in [0.15, 0.2) is 0 Å². The van der Waals surface area contributed by atoms with Crippen molar-refractivity contribution >= 4 is 27.5 Å². The highest BCUT2D eigenvalue weighted by Gasteiger charge is 2.26. The van der Waals surface area contributed by atoms with Crippen LogP contribution < -0.4 is 5.43 Å². The Labute approximate surface area is 182 Å². The predicted octanol–water partition coefficient (Wildman–Crippen LogP) is 5.12. The topological polar surface area (TPSA) is 50.2 Å². The molecule has 5 nitrogen and oxygen atoms in total. The summed E-state index contributed by atoms with van der Waals surface area (Å²) in [6.07, 6.45) is 8.49. The highest BCUT2D eigenvalue weighted by Crippen LogP contribution is 2.35. The van der Waals surface area contributed by atoms with E-state index in [1.807, 2.05) is 6.07 Å². The Balaban J connectivity index is 1.25. The Kier molecular flexibility index (Phi) is 5.61. The van der Waals surface area contributed by atoms with E-state index in [0.717, 1.165) is 46.7 Å². The van der Waals surface area contributed by atoms with Gasteiger partial charge in [-0.25, -0.2) is 5.01 Å². The van der Waals surface area contributed by atoms with Crippen molar-refractivity contribution in [2.75, 3.05) is 13.1 Å². The molecule has 30 heavy (non-hydrogen) atoms. The Morgan fingerprint density at radius 2 is 1.97 bits per heavy atom. The SMILES string of the molecule is Cc1nn(C2CCCCC2)c2sc(C(=O)NN3CC[C@@H](Cc4ccccc4)C3)cc12. The van der Waals surface area contributed by atoms with Crippen molar-refractivity contribution < 1.29 is 4.79 Å². The second-order valence-electron chi connectivity index (χ2n) is 8.88. The van der Waals surface area contributed by atoms with Crippen LogP contribution in [0.5, 0.6) is 0 Å². The van der Waals surface area contributed by atoms with Crippen LogP contribution >= 0.6 is 11.3 Å². The van der Waals surface area contributed by atoms with E-state index in [9.17, 15) is 4.79 Å². The molecule has 1 N–H and O–H groups in total. The number of carbonyl (C=O) groups excluding carboxylic acids is 1. The molecule has 1 aliphatic heterocycles. The fourth-order valence-corrected chi connectivity index (χ4v) is 6.13. The first-order chi connectivity index (χ1) is 14.7. The van der Waals surface area contributed by atoms with Crippen molar-refractivity contribution in [3.8, 4) is 0 Å². The van der Waals surface area contributed by atoms with Crippen LogP contribution in [0, 0.1) is 12.8 Å². The van der Waals surface area contributed by atoms with Gasteiger partial charge in [0.2, 0.25) is 0 Å². The van der Waals surface area contributed by atoms with Crippen molar-refractivity contribution in [3.05, 3.63) is 52.5 Å². The van der Waals surface area contributed by atoms with Gasteiger partial charge in [-0.2, -0.15) is 5.10 Å². The lowest BCUT2D eigenvalue weighted by Crippen LogP contribution is -2.40. The van der Waals surface area contributed by atoms with Crippen molar-refractivity contribution in [3.63, 3.8) is 0 Å². The average Bonchev–Trinajstić information content (AvgIpc) is 3.47. The summed E-state index contributed by atoms with van der Waals surface area (Å²) < 4.78 is 2.21. The van der Waals surface area contributed by atoms with Gasteiger partial charge >= 0.3 is 0 Å². The van der Waals surface area contributed by atoms with Gasteiger partial charge in [-0.3, -0.25) is 14.9 Å². The van der Waals surface area contributed by atoms with Crippen molar-refractivity contribution in [1.82, 2.24) is 20.2 Å². The van der Waals surface area contributed by atoms with Gasteiger partial charge in [0.05, 0.1) is 16.6 Å². The number of nitrogens with zero attached hydrogens (tertiary/aromatic N) is 3. The summed E-state index contributed by atoms with van der Waals surface area (Å²) in [4.78, 5) is 14.9. The number of aromatic nitrogens is 2. The minimum absolute atomic E-state index is 0.0196. The molecule has 1 amide bonds. The summed E-state index contributed by atoms with van der Waals surface area (Å²) in [5.74, 6) is 0.614. The van der Waals surface area contributed by atoms with Crippen LogP contribution in [0.25, 0.3) is 10.2 Å². The molecule has 5 rings (SSSR count). The molecule has 1 aliphatic carbocycles. The van der Waals surface area contributed by atoms with E-state index in [1.54, 1.807) is 11.3 Å². The molecule has 6 heteroatoms.